The Labute approximate surface area is 196 Å². The summed E-state index contributed by atoms with van der Waals surface area (Å²) in [5.41, 5.74) is 2.65. The summed E-state index contributed by atoms with van der Waals surface area (Å²) in [5, 5.41) is 13.2. The van der Waals surface area contributed by atoms with Crippen molar-refractivity contribution in [3.8, 4) is 27.7 Å². The number of ether oxygens (including phenoxy) is 3. The lowest BCUT2D eigenvalue weighted by atomic mass is 10.1. The first-order chi connectivity index (χ1) is 15.7. The Morgan fingerprint density at radius 3 is 2.09 bits per heavy atom. The molecule has 0 saturated carbocycles. The topological polar surface area (TPSA) is 103 Å². The highest BCUT2D eigenvalue weighted by Gasteiger charge is 2.30. The molecular weight excluding hydrogens is 465 g/mol. The minimum Gasteiger partial charge on any atom is -0.493 e. The molecule has 0 bridgehead atoms. The van der Waals surface area contributed by atoms with Crippen molar-refractivity contribution in [3.63, 3.8) is 0 Å². The number of nitrogens with one attached hydrogen (secondary N) is 1. The highest BCUT2D eigenvalue weighted by Crippen LogP contribution is 2.50. The van der Waals surface area contributed by atoms with Gasteiger partial charge in [-0.1, -0.05) is 17.7 Å². The maximum atomic E-state index is 13.7. The number of methoxy groups -OCH3 is 3. The molecule has 0 saturated heterocycles. The second kappa shape index (κ2) is 9.87. The van der Waals surface area contributed by atoms with Gasteiger partial charge in [0.05, 0.1) is 32.3 Å². The number of carbonyl (C=O) groups is 1. The van der Waals surface area contributed by atoms with Crippen molar-refractivity contribution >= 4 is 35.8 Å². The van der Waals surface area contributed by atoms with Crippen LogP contribution in [0.1, 0.15) is 20.8 Å². The van der Waals surface area contributed by atoms with E-state index in [9.17, 15) is 14.5 Å². The van der Waals surface area contributed by atoms with E-state index in [0.717, 1.165) is 22.5 Å². The van der Waals surface area contributed by atoms with Crippen LogP contribution in [-0.2, 0) is 9.09 Å². The van der Waals surface area contributed by atoms with Crippen molar-refractivity contribution in [1.82, 2.24) is 0 Å². The number of hydrogen-bond donors (Lipinski definition) is 2. The van der Waals surface area contributed by atoms with E-state index in [1.165, 1.54) is 28.4 Å². The van der Waals surface area contributed by atoms with E-state index in [1.54, 1.807) is 24.3 Å². The van der Waals surface area contributed by atoms with Gasteiger partial charge in [0, 0.05) is 12.0 Å². The van der Waals surface area contributed by atoms with Gasteiger partial charge < -0.3 is 28.9 Å². The quantitative estimate of drug-likeness (QED) is 0.387. The van der Waals surface area contributed by atoms with E-state index >= 15 is 0 Å². The van der Waals surface area contributed by atoms with Crippen LogP contribution >= 0.6 is 18.9 Å². The SMILES string of the molecule is COc1cc(-c2cc(NP(=O)(OC)c3ccc(C)cc3C)c(C(=O)O)s2)cc(OC)c1OC. The van der Waals surface area contributed by atoms with Crippen molar-refractivity contribution < 1.29 is 33.2 Å². The fourth-order valence-electron chi connectivity index (χ4n) is 3.50. The maximum absolute atomic E-state index is 13.7. The molecule has 0 spiro atoms. The fraction of sp³-hybridized carbons (Fsp3) is 0.261. The Morgan fingerprint density at radius 1 is 0.970 bits per heavy atom. The third kappa shape index (κ3) is 4.85. The molecule has 10 heteroatoms. The molecule has 176 valence electrons. The molecule has 0 amide bonds. The summed E-state index contributed by atoms with van der Waals surface area (Å²) in [6.07, 6.45) is 0. The highest BCUT2D eigenvalue weighted by molar-refractivity contribution is 7.68. The van der Waals surface area contributed by atoms with Gasteiger partial charge in [-0.15, -0.1) is 11.3 Å². The molecule has 8 nitrogen and oxygen atoms in total. The summed E-state index contributed by atoms with van der Waals surface area (Å²) in [6.45, 7) is 3.77. The monoisotopic (exact) mass is 491 g/mol. The van der Waals surface area contributed by atoms with Crippen LogP contribution in [0.5, 0.6) is 17.2 Å². The predicted octanol–water partition coefficient (Wildman–Crippen LogP) is 5.33. The van der Waals surface area contributed by atoms with Crippen LogP contribution in [0.15, 0.2) is 36.4 Å². The first-order valence-electron chi connectivity index (χ1n) is 9.86. The number of carboxylic acids is 1. The van der Waals surface area contributed by atoms with Crippen molar-refractivity contribution in [2.24, 2.45) is 0 Å². The first-order valence-corrected chi connectivity index (χ1v) is 12.3. The van der Waals surface area contributed by atoms with Crippen LogP contribution in [0.25, 0.3) is 10.4 Å². The number of aromatic carboxylic acids is 1. The molecule has 1 heterocycles. The van der Waals surface area contributed by atoms with E-state index in [1.807, 2.05) is 26.0 Å². The Kier molecular flexibility index (Phi) is 7.37. The lowest BCUT2D eigenvalue weighted by Gasteiger charge is -2.20. The molecular formula is C23H26NO7PS. The first kappa shape index (κ1) is 24.6. The predicted molar refractivity (Wildman–Crippen MR) is 130 cm³/mol. The van der Waals surface area contributed by atoms with Crippen LogP contribution in [0.2, 0.25) is 0 Å². The van der Waals surface area contributed by atoms with Gasteiger partial charge in [0.2, 0.25) is 5.75 Å². The maximum Gasteiger partial charge on any atom is 0.348 e. The Balaban J connectivity index is 2.11. The lowest BCUT2D eigenvalue weighted by Crippen LogP contribution is -2.17. The third-order valence-electron chi connectivity index (χ3n) is 5.07. The van der Waals surface area contributed by atoms with E-state index in [-0.39, 0.29) is 10.6 Å². The molecule has 3 aromatic rings. The number of hydrogen-bond acceptors (Lipinski definition) is 7. The number of aryl methyl sites for hydroxylation is 2. The number of benzene rings is 2. The van der Waals surface area contributed by atoms with Crippen molar-refractivity contribution in [2.75, 3.05) is 33.5 Å². The molecule has 2 aromatic carbocycles. The molecule has 0 aliphatic rings. The zero-order valence-electron chi connectivity index (χ0n) is 19.2. The minimum absolute atomic E-state index is 0.000733. The minimum atomic E-state index is -3.60. The second-order valence-corrected chi connectivity index (χ2v) is 10.4. The van der Waals surface area contributed by atoms with Crippen LogP contribution < -0.4 is 24.6 Å². The van der Waals surface area contributed by atoms with Gasteiger partial charge in [0.1, 0.15) is 4.88 Å². The van der Waals surface area contributed by atoms with Crippen molar-refractivity contribution in [1.29, 1.82) is 0 Å². The van der Waals surface area contributed by atoms with Crippen LogP contribution in [0.3, 0.4) is 0 Å². The van der Waals surface area contributed by atoms with Crippen molar-refractivity contribution in [2.45, 2.75) is 13.8 Å². The third-order valence-corrected chi connectivity index (χ3v) is 8.43. The molecule has 33 heavy (non-hydrogen) atoms. The van der Waals surface area contributed by atoms with Gasteiger partial charge >= 0.3 is 13.5 Å². The van der Waals surface area contributed by atoms with Gasteiger partial charge in [-0.2, -0.15) is 0 Å². The smallest absolute Gasteiger partial charge is 0.348 e. The Morgan fingerprint density at radius 2 is 1.61 bits per heavy atom. The van der Waals surface area contributed by atoms with Gasteiger partial charge in [0.15, 0.2) is 11.5 Å². The Hall–Kier alpha value is -3.00. The summed E-state index contributed by atoms with van der Waals surface area (Å²) >= 11 is 1.03. The highest BCUT2D eigenvalue weighted by atomic mass is 32.1. The van der Waals surface area contributed by atoms with Gasteiger partial charge in [-0.25, -0.2) is 4.79 Å². The summed E-state index contributed by atoms with van der Waals surface area (Å²) in [7, 11) is 2.25. The number of anilines is 1. The van der Waals surface area contributed by atoms with Crippen LogP contribution in [0, 0.1) is 13.8 Å². The molecule has 1 atom stereocenters. The number of thiophene rings is 1. The van der Waals surface area contributed by atoms with Gasteiger partial charge in [-0.3, -0.25) is 4.57 Å². The fourth-order valence-corrected chi connectivity index (χ4v) is 6.21. The standard InChI is InChI=1S/C23H26NO7PS/c1-13-7-8-19(14(2)9-13)32(27,31-6)24-16-12-20(33-22(16)23(25)26)15-10-17(28-3)21(30-5)18(11-15)29-4/h7-12H,1-6H3,(H,24,27)(H,25,26). The zero-order chi connectivity index (χ0) is 24.3. The summed E-state index contributed by atoms with van der Waals surface area (Å²) < 4.78 is 35.3. The summed E-state index contributed by atoms with van der Waals surface area (Å²) in [4.78, 5) is 12.6. The van der Waals surface area contributed by atoms with E-state index in [2.05, 4.69) is 5.09 Å². The summed E-state index contributed by atoms with van der Waals surface area (Å²) in [6, 6.07) is 10.5. The second-order valence-electron chi connectivity index (χ2n) is 7.21. The average Bonchev–Trinajstić information content (AvgIpc) is 3.21. The van der Waals surface area contributed by atoms with E-state index in [4.69, 9.17) is 18.7 Å². The largest absolute Gasteiger partial charge is 0.493 e. The molecule has 0 radical (unpaired) electrons. The number of rotatable bonds is 9. The molecule has 0 aliphatic carbocycles. The molecule has 2 N–H and O–H groups in total. The normalized spacial score (nSPS) is 12.7. The average molecular weight is 492 g/mol. The van der Waals surface area contributed by atoms with Crippen LogP contribution in [-0.4, -0.2) is 39.5 Å². The molecule has 1 unspecified atom stereocenters. The molecule has 0 aliphatic heterocycles. The zero-order valence-corrected chi connectivity index (χ0v) is 20.9. The molecule has 1 aromatic heterocycles. The summed E-state index contributed by atoms with van der Waals surface area (Å²) in [5.74, 6) is 0.147. The van der Waals surface area contributed by atoms with Gasteiger partial charge in [-0.05, 0) is 49.2 Å². The lowest BCUT2D eigenvalue weighted by molar-refractivity contribution is 0.0703. The molecule has 3 rings (SSSR count). The van der Waals surface area contributed by atoms with Crippen LogP contribution in [0.4, 0.5) is 5.69 Å². The molecule has 0 fully saturated rings. The Bertz CT molecular complexity index is 1210. The number of carboxylic acid groups (broad SMARTS) is 1. The van der Waals surface area contributed by atoms with Crippen molar-refractivity contribution in [3.05, 3.63) is 52.4 Å². The van der Waals surface area contributed by atoms with E-state index < -0.39 is 13.5 Å². The van der Waals surface area contributed by atoms with Gasteiger partial charge in [0.25, 0.3) is 0 Å². The van der Waals surface area contributed by atoms with E-state index in [0.29, 0.717) is 33.0 Å².